The molecule has 2 unspecified atom stereocenters. The highest BCUT2D eigenvalue weighted by molar-refractivity contribution is 5.22. The second-order valence-corrected chi connectivity index (χ2v) is 5.82. The van der Waals surface area contributed by atoms with E-state index in [4.69, 9.17) is 14.2 Å². The summed E-state index contributed by atoms with van der Waals surface area (Å²) in [6, 6.07) is 0. The van der Waals surface area contributed by atoms with Gasteiger partial charge < -0.3 is 14.2 Å². The minimum absolute atomic E-state index is 0.206. The Bertz CT molecular complexity index is 317. The summed E-state index contributed by atoms with van der Waals surface area (Å²) < 4.78 is 18.1. The molecular formula is C14H22O3. The molecule has 3 aliphatic rings. The number of rotatable bonds is 3. The zero-order chi connectivity index (χ0) is 11.9. The maximum Gasteiger partial charge on any atom is 0.199 e. The molecule has 0 aromatic heterocycles. The fraction of sp³-hybridized carbons (Fsp3) is 0.857. The van der Waals surface area contributed by atoms with Gasteiger partial charge in [0, 0.05) is 18.9 Å². The van der Waals surface area contributed by atoms with Gasteiger partial charge in [-0.15, -0.1) is 0 Å². The van der Waals surface area contributed by atoms with E-state index in [1.165, 1.54) is 0 Å². The van der Waals surface area contributed by atoms with Crippen molar-refractivity contribution in [3.8, 4) is 0 Å². The van der Waals surface area contributed by atoms with Crippen molar-refractivity contribution in [2.75, 3.05) is 19.8 Å². The van der Waals surface area contributed by atoms with Gasteiger partial charge in [0.05, 0.1) is 13.2 Å². The van der Waals surface area contributed by atoms with E-state index in [1.54, 1.807) is 0 Å². The summed E-state index contributed by atoms with van der Waals surface area (Å²) in [6.07, 6.45) is 7.62. The molecule has 3 nitrogen and oxygen atoms in total. The van der Waals surface area contributed by atoms with Gasteiger partial charge >= 0.3 is 0 Å². The molecule has 1 aliphatic heterocycles. The Labute approximate surface area is 103 Å². The van der Waals surface area contributed by atoms with Crippen LogP contribution >= 0.6 is 0 Å². The summed E-state index contributed by atoms with van der Waals surface area (Å²) in [5.74, 6) is 0.597. The van der Waals surface area contributed by atoms with Crippen molar-refractivity contribution in [3.63, 3.8) is 0 Å². The van der Waals surface area contributed by atoms with E-state index in [-0.39, 0.29) is 5.60 Å². The fourth-order valence-corrected chi connectivity index (χ4v) is 3.36. The van der Waals surface area contributed by atoms with Crippen molar-refractivity contribution in [1.82, 2.24) is 0 Å². The molecule has 1 saturated heterocycles. The average molecular weight is 238 g/mol. The van der Waals surface area contributed by atoms with Crippen LogP contribution in [-0.4, -0.2) is 31.2 Å². The molecule has 1 spiro atoms. The molecule has 2 atom stereocenters. The van der Waals surface area contributed by atoms with Crippen LogP contribution in [0.3, 0.4) is 0 Å². The van der Waals surface area contributed by atoms with E-state index in [9.17, 15) is 0 Å². The predicted molar refractivity (Wildman–Crippen MR) is 64.6 cm³/mol. The zero-order valence-electron chi connectivity index (χ0n) is 10.8. The molecule has 0 radical (unpaired) electrons. The molecule has 2 fully saturated rings. The van der Waals surface area contributed by atoms with Crippen molar-refractivity contribution >= 4 is 0 Å². The lowest BCUT2D eigenvalue weighted by molar-refractivity contribution is -0.365. The van der Waals surface area contributed by atoms with E-state index in [0.717, 1.165) is 25.9 Å². The molecule has 3 heteroatoms. The molecule has 0 N–H and O–H groups in total. The van der Waals surface area contributed by atoms with Gasteiger partial charge in [0.2, 0.25) is 0 Å². The van der Waals surface area contributed by atoms with Crippen LogP contribution < -0.4 is 0 Å². The molecule has 0 amide bonds. The second-order valence-electron chi connectivity index (χ2n) is 5.82. The molecule has 96 valence electrons. The van der Waals surface area contributed by atoms with Gasteiger partial charge in [-0.2, -0.15) is 0 Å². The zero-order valence-corrected chi connectivity index (χ0v) is 10.8. The summed E-state index contributed by atoms with van der Waals surface area (Å²) >= 11 is 0. The third kappa shape index (κ3) is 1.60. The monoisotopic (exact) mass is 238 g/mol. The normalized spacial score (nSPS) is 38.4. The highest BCUT2D eigenvalue weighted by Gasteiger charge is 2.69. The maximum absolute atomic E-state index is 6.27. The van der Waals surface area contributed by atoms with E-state index in [0.29, 0.717) is 25.0 Å². The summed E-state index contributed by atoms with van der Waals surface area (Å²) in [4.78, 5) is 0. The third-order valence-electron chi connectivity index (χ3n) is 4.21. The Morgan fingerprint density at radius 3 is 2.76 bits per heavy atom. The number of fused-ring (bicyclic) bond motifs is 2. The predicted octanol–water partition coefficient (Wildman–Crippen LogP) is 2.51. The van der Waals surface area contributed by atoms with Crippen LogP contribution in [-0.2, 0) is 14.2 Å². The first kappa shape index (κ1) is 11.7. The lowest BCUT2D eigenvalue weighted by Crippen LogP contribution is -2.71. The third-order valence-corrected chi connectivity index (χ3v) is 4.21. The van der Waals surface area contributed by atoms with Gasteiger partial charge in [-0.25, -0.2) is 0 Å². The molecular weight excluding hydrogens is 216 g/mol. The Morgan fingerprint density at radius 1 is 1.35 bits per heavy atom. The molecule has 1 saturated carbocycles. The minimum atomic E-state index is -0.433. The van der Waals surface area contributed by atoms with E-state index < -0.39 is 5.79 Å². The molecule has 3 rings (SSSR count). The quantitative estimate of drug-likeness (QED) is 0.707. The van der Waals surface area contributed by atoms with Crippen molar-refractivity contribution in [1.29, 1.82) is 0 Å². The molecule has 1 heterocycles. The molecule has 2 aliphatic carbocycles. The number of allylic oxidation sites excluding steroid dienone is 1. The molecule has 0 aromatic carbocycles. The lowest BCUT2D eigenvalue weighted by Gasteiger charge is -2.60. The molecule has 0 aromatic rings. The van der Waals surface area contributed by atoms with E-state index in [2.05, 4.69) is 26.0 Å². The first-order valence-electron chi connectivity index (χ1n) is 6.77. The van der Waals surface area contributed by atoms with E-state index in [1.807, 2.05) is 0 Å². The number of hydrogen-bond acceptors (Lipinski definition) is 3. The molecule has 17 heavy (non-hydrogen) atoms. The maximum atomic E-state index is 6.27. The van der Waals surface area contributed by atoms with Crippen LogP contribution in [0.25, 0.3) is 0 Å². The second kappa shape index (κ2) is 4.08. The van der Waals surface area contributed by atoms with Gasteiger partial charge in [-0.05, 0) is 18.8 Å². The van der Waals surface area contributed by atoms with Crippen molar-refractivity contribution in [2.24, 2.45) is 11.8 Å². The van der Waals surface area contributed by atoms with Crippen LogP contribution in [0.2, 0.25) is 0 Å². The standard InChI is InChI=1S/C14H22O3/c1-11(2)10-17-13-6-4-3-5-12(13)9-14(13)15-7-8-16-14/h3,5,11-12H,4,6-10H2,1-2H3. The minimum Gasteiger partial charge on any atom is -0.368 e. The van der Waals surface area contributed by atoms with Crippen LogP contribution in [0.15, 0.2) is 12.2 Å². The summed E-state index contributed by atoms with van der Waals surface area (Å²) in [7, 11) is 0. The van der Waals surface area contributed by atoms with Gasteiger partial charge in [0.15, 0.2) is 5.79 Å². The summed E-state index contributed by atoms with van der Waals surface area (Å²) in [5, 5.41) is 0. The molecule has 0 bridgehead atoms. The van der Waals surface area contributed by atoms with Gasteiger partial charge in [0.1, 0.15) is 5.60 Å². The van der Waals surface area contributed by atoms with Gasteiger partial charge in [-0.3, -0.25) is 0 Å². The van der Waals surface area contributed by atoms with Crippen molar-refractivity contribution < 1.29 is 14.2 Å². The van der Waals surface area contributed by atoms with Gasteiger partial charge in [-0.1, -0.05) is 26.0 Å². The van der Waals surface area contributed by atoms with Crippen molar-refractivity contribution in [2.45, 2.75) is 44.5 Å². The van der Waals surface area contributed by atoms with Crippen LogP contribution in [0.5, 0.6) is 0 Å². The first-order chi connectivity index (χ1) is 8.19. The van der Waals surface area contributed by atoms with Gasteiger partial charge in [0.25, 0.3) is 0 Å². The Kier molecular flexibility index (Phi) is 2.80. The summed E-state index contributed by atoms with van der Waals surface area (Å²) in [5.41, 5.74) is -0.206. The first-order valence-corrected chi connectivity index (χ1v) is 6.77. The Hall–Kier alpha value is -0.380. The van der Waals surface area contributed by atoms with Crippen LogP contribution in [0.4, 0.5) is 0 Å². The number of hydrogen-bond donors (Lipinski definition) is 0. The Balaban J connectivity index is 1.81. The Morgan fingerprint density at radius 2 is 2.12 bits per heavy atom. The average Bonchev–Trinajstić information content (AvgIpc) is 2.78. The number of ether oxygens (including phenoxy) is 3. The smallest absolute Gasteiger partial charge is 0.199 e. The van der Waals surface area contributed by atoms with E-state index >= 15 is 0 Å². The fourth-order valence-electron chi connectivity index (χ4n) is 3.36. The lowest BCUT2D eigenvalue weighted by atomic mass is 9.59. The van der Waals surface area contributed by atoms with Crippen LogP contribution in [0, 0.1) is 11.8 Å². The topological polar surface area (TPSA) is 27.7 Å². The summed E-state index contributed by atoms with van der Waals surface area (Å²) in [6.45, 7) is 6.59. The van der Waals surface area contributed by atoms with Crippen LogP contribution in [0.1, 0.15) is 33.1 Å². The largest absolute Gasteiger partial charge is 0.368 e. The SMILES string of the molecule is CC(C)COC12CCC=CC1CC21OCCO1. The highest BCUT2D eigenvalue weighted by atomic mass is 16.8. The van der Waals surface area contributed by atoms with Crippen molar-refractivity contribution in [3.05, 3.63) is 12.2 Å². The highest BCUT2D eigenvalue weighted by Crippen LogP contribution is 2.59.